The molecule has 3 aromatic rings. The topological polar surface area (TPSA) is 39.0 Å². The van der Waals surface area contributed by atoms with Crippen LogP contribution in [0, 0.1) is 0 Å². The van der Waals surface area contributed by atoms with E-state index in [2.05, 4.69) is 5.32 Å². The minimum Gasteiger partial charge on any atom is -0.867 e. The third-order valence-electron chi connectivity index (χ3n) is 3.30. The molecule has 25 heavy (non-hydrogen) atoms. The second-order valence-electron chi connectivity index (χ2n) is 5.03. The molecule has 0 saturated carbocycles. The van der Waals surface area contributed by atoms with Gasteiger partial charge >= 0.3 is 0 Å². The molecule has 0 atom stereocenters. The van der Waals surface area contributed by atoms with Gasteiger partial charge in [0.25, 0.3) is 0 Å². The van der Waals surface area contributed by atoms with Gasteiger partial charge in [-0.25, -0.2) is 0 Å². The Morgan fingerprint density at radius 2 is 1.68 bits per heavy atom. The van der Waals surface area contributed by atoms with Crippen molar-refractivity contribution < 1.29 is 9.67 Å². The zero-order valence-electron chi connectivity index (χ0n) is 12.8. The lowest BCUT2D eigenvalue weighted by Crippen LogP contribution is -2.39. The fourth-order valence-corrected chi connectivity index (χ4v) is 3.59. The maximum atomic E-state index is 13.0. The number of anilines is 1. The predicted octanol–water partition coefficient (Wildman–Crippen LogP) is 4.47. The summed E-state index contributed by atoms with van der Waals surface area (Å²) >= 11 is 18.6. The number of thiophene rings is 1. The Morgan fingerprint density at radius 1 is 1.00 bits per heavy atom. The summed E-state index contributed by atoms with van der Waals surface area (Å²) in [5.41, 5.74) is 1.10. The molecule has 2 heterocycles. The minimum absolute atomic E-state index is 0.195. The second-order valence-corrected chi connectivity index (χ2v) is 7.59. The molecule has 7 heteroatoms. The molecule has 3 nitrogen and oxygen atoms in total. The van der Waals surface area contributed by atoms with Gasteiger partial charge in [0.2, 0.25) is 5.70 Å². The van der Waals surface area contributed by atoms with Gasteiger partial charge in [-0.05, 0) is 42.2 Å². The van der Waals surface area contributed by atoms with Crippen LogP contribution in [0.4, 0.5) is 5.69 Å². The summed E-state index contributed by atoms with van der Waals surface area (Å²) < 4.78 is 2.25. The van der Waals surface area contributed by atoms with E-state index in [1.165, 1.54) is 11.3 Å². The molecule has 0 bridgehead atoms. The van der Waals surface area contributed by atoms with E-state index < -0.39 is 0 Å². The number of hydrogen-bond donors (Lipinski definition) is 1. The van der Waals surface area contributed by atoms with Crippen molar-refractivity contribution in [2.75, 3.05) is 5.32 Å². The molecule has 0 spiro atoms. The first-order valence-electron chi connectivity index (χ1n) is 7.25. The van der Waals surface area contributed by atoms with Crippen molar-refractivity contribution in [2.24, 2.45) is 0 Å². The minimum atomic E-state index is -0.195. The Labute approximate surface area is 164 Å². The largest absolute Gasteiger partial charge is 0.867 e. The van der Waals surface area contributed by atoms with Gasteiger partial charge in [0.05, 0.1) is 4.34 Å². The van der Waals surface area contributed by atoms with Crippen LogP contribution in [0.2, 0.25) is 9.36 Å². The predicted molar refractivity (Wildman–Crippen MR) is 107 cm³/mol. The average Bonchev–Trinajstić information content (AvgIpc) is 3.04. The van der Waals surface area contributed by atoms with Crippen molar-refractivity contribution >= 4 is 68.9 Å². The van der Waals surface area contributed by atoms with Crippen LogP contribution in [-0.4, -0.2) is 4.99 Å². The van der Waals surface area contributed by atoms with Gasteiger partial charge in [-0.2, -0.15) is 4.57 Å². The summed E-state index contributed by atoms with van der Waals surface area (Å²) in [7, 11) is 0. The molecule has 126 valence electrons. The first-order chi connectivity index (χ1) is 12.0. The highest BCUT2D eigenvalue weighted by Gasteiger charge is 2.19. The smallest absolute Gasteiger partial charge is 0.239 e. The Balaban J connectivity index is 2.02. The molecule has 3 rings (SSSR count). The second kappa shape index (κ2) is 7.97. The van der Waals surface area contributed by atoms with Gasteiger partial charge in [0.1, 0.15) is 0 Å². The number of nitrogens with one attached hydrogen (secondary N) is 1. The summed E-state index contributed by atoms with van der Waals surface area (Å²) in [6, 6.07) is 16.0. The van der Waals surface area contributed by atoms with E-state index in [0.29, 0.717) is 24.9 Å². The van der Waals surface area contributed by atoms with Crippen molar-refractivity contribution in [3.05, 3.63) is 81.2 Å². The third kappa shape index (κ3) is 4.38. The lowest BCUT2D eigenvalue weighted by Gasteiger charge is -2.15. The SMILES string of the molecule is [O-]/C(=C(\C(=S)Nc1ccc(Cl)cc1)[n+]1ccccc1)c1ccc(Cl)s1. The standard InChI is InChI=1S/C18H12Cl2N2OS2/c19-12-4-6-13(7-5-12)21-18(24)16(22-10-2-1-3-11-22)17(23)14-8-9-15(20)25-14/h1-11H,(H-,21,23,24). The highest BCUT2D eigenvalue weighted by Crippen LogP contribution is 2.27. The number of pyridine rings is 1. The van der Waals surface area contributed by atoms with Crippen LogP contribution in [-0.2, 0) is 0 Å². The van der Waals surface area contributed by atoms with Crippen LogP contribution in [0.15, 0.2) is 67.0 Å². The number of rotatable bonds is 4. The van der Waals surface area contributed by atoms with Crippen LogP contribution >= 0.6 is 46.8 Å². The van der Waals surface area contributed by atoms with Crippen molar-refractivity contribution in [3.63, 3.8) is 0 Å². The summed E-state index contributed by atoms with van der Waals surface area (Å²) in [5, 5.41) is 16.7. The quantitative estimate of drug-likeness (QED) is 0.300. The summed E-state index contributed by atoms with van der Waals surface area (Å²) in [4.78, 5) is 0.838. The van der Waals surface area contributed by atoms with E-state index in [1.807, 2.05) is 18.2 Å². The Morgan fingerprint density at radius 3 is 2.28 bits per heavy atom. The molecule has 0 radical (unpaired) electrons. The molecule has 0 amide bonds. The lowest BCUT2D eigenvalue weighted by molar-refractivity contribution is -0.577. The molecular formula is C18H12Cl2N2OS2. The van der Waals surface area contributed by atoms with Gasteiger partial charge in [0, 0.05) is 27.7 Å². The molecule has 1 N–H and O–H groups in total. The molecule has 0 saturated heterocycles. The third-order valence-corrected chi connectivity index (χ3v) is 5.08. The van der Waals surface area contributed by atoms with Crippen molar-refractivity contribution in [1.82, 2.24) is 0 Å². The normalized spacial score (nSPS) is 11.8. The Kier molecular flexibility index (Phi) is 5.71. The summed E-state index contributed by atoms with van der Waals surface area (Å²) in [6.45, 7) is 0. The molecule has 1 aromatic carbocycles. The van der Waals surface area contributed by atoms with E-state index in [1.54, 1.807) is 53.4 Å². The van der Waals surface area contributed by atoms with E-state index >= 15 is 0 Å². The molecule has 0 aliphatic heterocycles. The number of hydrogen-bond acceptors (Lipinski definition) is 3. The maximum absolute atomic E-state index is 13.0. The fourth-order valence-electron chi connectivity index (χ4n) is 2.16. The molecule has 0 fully saturated rings. The fraction of sp³-hybridized carbons (Fsp3) is 0. The van der Waals surface area contributed by atoms with Crippen LogP contribution in [0.5, 0.6) is 0 Å². The first kappa shape index (κ1) is 17.9. The van der Waals surface area contributed by atoms with E-state index in [-0.39, 0.29) is 5.76 Å². The summed E-state index contributed by atoms with van der Waals surface area (Å²) in [6.07, 6.45) is 3.55. The number of aromatic nitrogens is 1. The Bertz CT molecular complexity index is 922. The van der Waals surface area contributed by atoms with Gasteiger partial charge in [0.15, 0.2) is 17.4 Å². The van der Waals surface area contributed by atoms with Crippen LogP contribution in [0.3, 0.4) is 0 Å². The highest BCUT2D eigenvalue weighted by molar-refractivity contribution is 7.81. The van der Waals surface area contributed by atoms with Crippen molar-refractivity contribution in [3.8, 4) is 0 Å². The van der Waals surface area contributed by atoms with Gasteiger partial charge in [-0.15, -0.1) is 11.3 Å². The maximum Gasteiger partial charge on any atom is 0.239 e. The van der Waals surface area contributed by atoms with Gasteiger partial charge in [-0.3, -0.25) is 0 Å². The first-order valence-corrected chi connectivity index (χ1v) is 9.23. The van der Waals surface area contributed by atoms with E-state index in [4.69, 9.17) is 35.4 Å². The zero-order valence-corrected chi connectivity index (χ0v) is 15.9. The number of thiocarbonyl (C=S) groups is 1. The molecule has 0 aliphatic rings. The highest BCUT2D eigenvalue weighted by atomic mass is 35.5. The average molecular weight is 407 g/mol. The van der Waals surface area contributed by atoms with E-state index in [9.17, 15) is 5.11 Å². The van der Waals surface area contributed by atoms with Crippen LogP contribution in [0.1, 0.15) is 4.88 Å². The van der Waals surface area contributed by atoms with Crippen molar-refractivity contribution in [2.45, 2.75) is 0 Å². The number of halogens is 2. The molecular weight excluding hydrogens is 395 g/mol. The number of nitrogens with zero attached hydrogens (tertiary/aromatic N) is 1. The zero-order chi connectivity index (χ0) is 17.8. The molecule has 0 unspecified atom stereocenters. The van der Waals surface area contributed by atoms with Gasteiger partial charge < -0.3 is 10.4 Å². The molecule has 2 aromatic heterocycles. The summed E-state index contributed by atoms with van der Waals surface area (Å²) in [5.74, 6) is -0.195. The molecule has 0 aliphatic carbocycles. The van der Waals surface area contributed by atoms with Gasteiger partial charge in [-0.1, -0.05) is 41.5 Å². The van der Waals surface area contributed by atoms with Crippen molar-refractivity contribution in [1.29, 1.82) is 0 Å². The van der Waals surface area contributed by atoms with E-state index in [0.717, 1.165) is 5.69 Å². The van der Waals surface area contributed by atoms with Crippen LogP contribution in [0.25, 0.3) is 11.5 Å². The Hall–Kier alpha value is -1.92. The monoisotopic (exact) mass is 406 g/mol. The lowest BCUT2D eigenvalue weighted by atomic mass is 10.2. The number of benzene rings is 1. The van der Waals surface area contributed by atoms with Crippen LogP contribution < -0.4 is 15.0 Å².